The summed E-state index contributed by atoms with van der Waals surface area (Å²) in [5.74, 6) is -1.64. The highest BCUT2D eigenvalue weighted by atomic mass is 16.4. The SMILES string of the molecule is Cc1cc(C(=O)NCCC(O)C(=O)O)n(C)n1. The molecular formula is C10H15N3O4. The zero-order chi connectivity index (χ0) is 13.0. The van der Waals surface area contributed by atoms with Gasteiger partial charge in [0.25, 0.3) is 5.91 Å². The van der Waals surface area contributed by atoms with Crippen LogP contribution in [0.2, 0.25) is 0 Å². The van der Waals surface area contributed by atoms with E-state index in [9.17, 15) is 9.59 Å². The van der Waals surface area contributed by atoms with Crippen LogP contribution in [0.3, 0.4) is 0 Å². The maximum Gasteiger partial charge on any atom is 0.332 e. The fourth-order valence-corrected chi connectivity index (χ4v) is 1.36. The summed E-state index contributed by atoms with van der Waals surface area (Å²) in [6.45, 7) is 1.86. The number of carboxylic acid groups (broad SMARTS) is 1. The van der Waals surface area contributed by atoms with Crippen LogP contribution in [0.4, 0.5) is 0 Å². The number of amides is 1. The molecule has 0 saturated heterocycles. The lowest BCUT2D eigenvalue weighted by atomic mass is 10.2. The van der Waals surface area contributed by atoms with Gasteiger partial charge in [-0.15, -0.1) is 0 Å². The lowest BCUT2D eigenvalue weighted by Crippen LogP contribution is -2.31. The first-order valence-corrected chi connectivity index (χ1v) is 5.11. The predicted octanol–water partition coefficient (Wildman–Crippen LogP) is -0.706. The van der Waals surface area contributed by atoms with Crippen LogP contribution in [0.15, 0.2) is 6.07 Å². The summed E-state index contributed by atoms with van der Waals surface area (Å²) in [7, 11) is 1.65. The molecule has 1 atom stereocenters. The van der Waals surface area contributed by atoms with Gasteiger partial charge in [0.1, 0.15) is 5.69 Å². The number of aliphatic carboxylic acids is 1. The van der Waals surface area contributed by atoms with E-state index in [1.807, 2.05) is 0 Å². The third kappa shape index (κ3) is 3.56. The molecule has 0 aliphatic heterocycles. The molecule has 0 radical (unpaired) electrons. The molecule has 1 amide bonds. The van der Waals surface area contributed by atoms with E-state index >= 15 is 0 Å². The van der Waals surface area contributed by atoms with Crippen LogP contribution in [0.1, 0.15) is 22.6 Å². The average Bonchev–Trinajstić information content (AvgIpc) is 2.57. The highest BCUT2D eigenvalue weighted by Crippen LogP contribution is 2.01. The van der Waals surface area contributed by atoms with E-state index in [2.05, 4.69) is 10.4 Å². The minimum absolute atomic E-state index is 0.0299. The number of aromatic nitrogens is 2. The minimum Gasteiger partial charge on any atom is -0.479 e. The van der Waals surface area contributed by atoms with Crippen molar-refractivity contribution in [2.45, 2.75) is 19.4 Å². The Hall–Kier alpha value is -1.89. The Labute approximate surface area is 98.1 Å². The first-order valence-electron chi connectivity index (χ1n) is 5.11. The van der Waals surface area contributed by atoms with Crippen LogP contribution >= 0.6 is 0 Å². The molecule has 3 N–H and O–H groups in total. The van der Waals surface area contributed by atoms with Gasteiger partial charge in [0.15, 0.2) is 6.10 Å². The zero-order valence-electron chi connectivity index (χ0n) is 9.67. The van der Waals surface area contributed by atoms with Crippen molar-refractivity contribution in [1.29, 1.82) is 0 Å². The van der Waals surface area contributed by atoms with E-state index in [-0.39, 0.29) is 18.9 Å². The number of carbonyl (C=O) groups is 2. The second-order valence-electron chi connectivity index (χ2n) is 3.69. The van der Waals surface area contributed by atoms with Crippen LogP contribution in [-0.2, 0) is 11.8 Å². The van der Waals surface area contributed by atoms with E-state index in [1.165, 1.54) is 4.68 Å². The van der Waals surface area contributed by atoms with Gasteiger partial charge in [-0.1, -0.05) is 0 Å². The molecule has 0 spiro atoms. The van der Waals surface area contributed by atoms with Crippen LogP contribution < -0.4 is 5.32 Å². The van der Waals surface area contributed by atoms with Gasteiger partial charge in [0.2, 0.25) is 0 Å². The molecule has 1 heterocycles. The molecule has 7 nitrogen and oxygen atoms in total. The number of carbonyl (C=O) groups excluding carboxylic acids is 1. The number of carboxylic acids is 1. The summed E-state index contributed by atoms with van der Waals surface area (Å²) in [5.41, 5.74) is 1.12. The number of nitrogens with one attached hydrogen (secondary N) is 1. The molecule has 17 heavy (non-hydrogen) atoms. The molecule has 0 aliphatic carbocycles. The number of hydrogen-bond acceptors (Lipinski definition) is 4. The number of aliphatic hydroxyl groups excluding tert-OH is 1. The lowest BCUT2D eigenvalue weighted by Gasteiger charge is -2.07. The molecule has 0 aromatic carbocycles. The summed E-state index contributed by atoms with van der Waals surface area (Å²) >= 11 is 0. The fraction of sp³-hybridized carbons (Fsp3) is 0.500. The van der Waals surface area contributed by atoms with Crippen molar-refractivity contribution in [1.82, 2.24) is 15.1 Å². The molecule has 7 heteroatoms. The number of rotatable bonds is 5. The molecule has 94 valence electrons. The molecule has 0 bridgehead atoms. The van der Waals surface area contributed by atoms with Gasteiger partial charge < -0.3 is 15.5 Å². The molecule has 0 aliphatic rings. The molecule has 0 fully saturated rings. The van der Waals surface area contributed by atoms with Gasteiger partial charge in [0.05, 0.1) is 5.69 Å². The van der Waals surface area contributed by atoms with Crippen LogP contribution in [-0.4, -0.2) is 44.5 Å². The normalized spacial score (nSPS) is 12.2. The largest absolute Gasteiger partial charge is 0.479 e. The van der Waals surface area contributed by atoms with Gasteiger partial charge in [-0.05, 0) is 13.0 Å². The lowest BCUT2D eigenvalue weighted by molar-refractivity contribution is -0.146. The van der Waals surface area contributed by atoms with Gasteiger partial charge >= 0.3 is 5.97 Å². The Balaban J connectivity index is 2.45. The van der Waals surface area contributed by atoms with Crippen molar-refractivity contribution < 1.29 is 19.8 Å². The van der Waals surface area contributed by atoms with Gasteiger partial charge in [-0.3, -0.25) is 9.48 Å². The highest BCUT2D eigenvalue weighted by Gasteiger charge is 2.15. The Morgan fingerprint density at radius 1 is 1.59 bits per heavy atom. The van der Waals surface area contributed by atoms with Gasteiger partial charge in [0, 0.05) is 20.0 Å². The molecule has 0 saturated carbocycles. The second kappa shape index (κ2) is 5.44. The smallest absolute Gasteiger partial charge is 0.332 e. The monoisotopic (exact) mass is 241 g/mol. The first kappa shape index (κ1) is 13.2. The van der Waals surface area contributed by atoms with Crippen LogP contribution in [0, 0.1) is 6.92 Å². The van der Waals surface area contributed by atoms with Crippen molar-refractivity contribution in [3.63, 3.8) is 0 Å². The standard InChI is InChI=1S/C10H15N3O4/c1-6-5-7(13(2)12-6)9(15)11-4-3-8(14)10(16)17/h5,8,14H,3-4H2,1-2H3,(H,11,15)(H,16,17). The average molecular weight is 241 g/mol. The Kier molecular flexibility index (Phi) is 4.22. The highest BCUT2D eigenvalue weighted by molar-refractivity contribution is 5.92. The molecule has 1 aromatic rings. The third-order valence-corrected chi connectivity index (χ3v) is 2.22. The maximum absolute atomic E-state index is 11.6. The summed E-state index contributed by atoms with van der Waals surface area (Å²) in [6.07, 6.45) is -1.48. The van der Waals surface area contributed by atoms with Crippen molar-refractivity contribution in [2.75, 3.05) is 6.54 Å². The Morgan fingerprint density at radius 2 is 2.24 bits per heavy atom. The number of aryl methyl sites for hydroxylation is 2. The van der Waals surface area contributed by atoms with E-state index < -0.39 is 12.1 Å². The van der Waals surface area contributed by atoms with Crippen LogP contribution in [0.5, 0.6) is 0 Å². The third-order valence-electron chi connectivity index (χ3n) is 2.22. The molecule has 1 unspecified atom stereocenters. The van der Waals surface area contributed by atoms with E-state index in [1.54, 1.807) is 20.0 Å². The molecule has 1 aromatic heterocycles. The van der Waals surface area contributed by atoms with Crippen molar-refractivity contribution in [3.05, 3.63) is 17.5 Å². The zero-order valence-corrected chi connectivity index (χ0v) is 9.67. The quantitative estimate of drug-likeness (QED) is 0.632. The Bertz CT molecular complexity index is 427. The fourth-order valence-electron chi connectivity index (χ4n) is 1.36. The summed E-state index contributed by atoms with van der Waals surface area (Å²) in [5, 5.41) is 24.0. The minimum atomic E-state index is -1.46. The predicted molar refractivity (Wildman–Crippen MR) is 58.5 cm³/mol. The van der Waals surface area contributed by atoms with E-state index in [4.69, 9.17) is 10.2 Å². The van der Waals surface area contributed by atoms with Gasteiger partial charge in [-0.2, -0.15) is 5.10 Å². The van der Waals surface area contributed by atoms with Crippen molar-refractivity contribution in [3.8, 4) is 0 Å². The van der Waals surface area contributed by atoms with Crippen molar-refractivity contribution >= 4 is 11.9 Å². The molecular weight excluding hydrogens is 226 g/mol. The first-order chi connectivity index (χ1) is 7.91. The summed E-state index contributed by atoms with van der Waals surface area (Å²) in [4.78, 5) is 22.0. The van der Waals surface area contributed by atoms with Crippen LogP contribution in [0.25, 0.3) is 0 Å². The summed E-state index contributed by atoms with van der Waals surface area (Å²) in [6, 6.07) is 1.63. The maximum atomic E-state index is 11.6. The van der Waals surface area contributed by atoms with Gasteiger partial charge in [-0.25, -0.2) is 4.79 Å². The Morgan fingerprint density at radius 3 is 2.71 bits per heavy atom. The number of nitrogens with zero attached hydrogens (tertiary/aromatic N) is 2. The summed E-state index contributed by atoms with van der Waals surface area (Å²) < 4.78 is 1.44. The second-order valence-corrected chi connectivity index (χ2v) is 3.69. The number of aliphatic hydroxyl groups is 1. The van der Waals surface area contributed by atoms with E-state index in [0.717, 1.165) is 5.69 Å². The van der Waals surface area contributed by atoms with E-state index in [0.29, 0.717) is 5.69 Å². The molecule has 1 rings (SSSR count). The topological polar surface area (TPSA) is 104 Å². The van der Waals surface area contributed by atoms with Crippen molar-refractivity contribution in [2.24, 2.45) is 7.05 Å². The number of hydrogen-bond donors (Lipinski definition) is 3.